The zero-order chi connectivity index (χ0) is 24.7. The lowest BCUT2D eigenvalue weighted by atomic mass is 10.1. The Morgan fingerprint density at radius 2 is 1.47 bits per heavy atom. The molecule has 0 aliphatic heterocycles. The molecule has 0 fully saturated rings. The average molecular weight is 504 g/mol. The van der Waals surface area contributed by atoms with Gasteiger partial charge >= 0.3 is 6.18 Å². The number of anilines is 3. The number of rotatable bonds is 7. The van der Waals surface area contributed by atoms with Crippen molar-refractivity contribution >= 4 is 57.8 Å². The zero-order valence-electron chi connectivity index (χ0n) is 17.9. The van der Waals surface area contributed by atoms with Crippen molar-refractivity contribution < 1.29 is 22.8 Å². The number of nitrogens with one attached hydrogen (secondary N) is 3. The van der Waals surface area contributed by atoms with Crippen LogP contribution in [0.5, 0.6) is 0 Å². The van der Waals surface area contributed by atoms with Gasteiger partial charge in [0.2, 0.25) is 5.91 Å². The Balaban J connectivity index is 1.52. The zero-order valence-corrected chi connectivity index (χ0v) is 19.5. The quantitative estimate of drug-likeness (QED) is 0.196. The van der Waals surface area contributed by atoms with Gasteiger partial charge < -0.3 is 16.0 Å². The molecule has 3 N–H and O–H groups in total. The second kappa shape index (κ2) is 11.2. The molecule has 3 aromatic carbocycles. The summed E-state index contributed by atoms with van der Waals surface area (Å²) in [5, 5.41) is 8.91. The van der Waals surface area contributed by atoms with Crippen LogP contribution in [-0.2, 0) is 11.0 Å². The standard InChI is InChI=1S/C24H20F3N3O2S2/c1-15(31)16-8-10-18(11-9-16)29-23(33)30-20-6-3-7-21(13-20)34-14-22(32)28-19-5-2-4-17(12-19)24(25,26)27/h2-13H,14H2,1H3,(H,28,32)(H2,29,30,33). The van der Waals surface area contributed by atoms with Gasteiger partial charge in [0.15, 0.2) is 10.9 Å². The fourth-order valence-electron chi connectivity index (χ4n) is 2.86. The first-order valence-electron chi connectivity index (χ1n) is 9.99. The number of thiocarbonyl (C=S) groups is 1. The van der Waals surface area contributed by atoms with Crippen molar-refractivity contribution in [3.8, 4) is 0 Å². The number of amides is 1. The Hall–Kier alpha value is -3.37. The molecule has 0 spiro atoms. The number of Topliss-reactive ketones (excluding diaryl/α,β-unsaturated/α-hetero) is 1. The van der Waals surface area contributed by atoms with E-state index >= 15 is 0 Å². The van der Waals surface area contributed by atoms with Crippen molar-refractivity contribution in [2.24, 2.45) is 0 Å². The molecule has 10 heteroatoms. The van der Waals surface area contributed by atoms with E-state index < -0.39 is 17.6 Å². The third-order valence-corrected chi connectivity index (χ3v) is 5.68. The molecule has 176 valence electrons. The van der Waals surface area contributed by atoms with Crippen LogP contribution in [0.4, 0.5) is 30.2 Å². The van der Waals surface area contributed by atoms with Gasteiger partial charge in [0, 0.05) is 27.5 Å². The van der Waals surface area contributed by atoms with Gasteiger partial charge in [-0.3, -0.25) is 9.59 Å². The van der Waals surface area contributed by atoms with Gasteiger partial charge in [-0.05, 0) is 79.8 Å². The first-order valence-corrected chi connectivity index (χ1v) is 11.4. The van der Waals surface area contributed by atoms with Gasteiger partial charge in [-0.15, -0.1) is 11.8 Å². The summed E-state index contributed by atoms with van der Waals surface area (Å²) in [5.41, 5.74) is 1.28. The number of halogens is 3. The summed E-state index contributed by atoms with van der Waals surface area (Å²) >= 11 is 6.56. The van der Waals surface area contributed by atoms with Crippen molar-refractivity contribution in [1.29, 1.82) is 0 Å². The van der Waals surface area contributed by atoms with Gasteiger partial charge in [0.05, 0.1) is 11.3 Å². The van der Waals surface area contributed by atoms with Crippen molar-refractivity contribution in [2.75, 3.05) is 21.7 Å². The van der Waals surface area contributed by atoms with Crippen LogP contribution in [0.2, 0.25) is 0 Å². The summed E-state index contributed by atoms with van der Waals surface area (Å²) < 4.78 is 38.5. The molecule has 0 aromatic heterocycles. The van der Waals surface area contributed by atoms with Gasteiger partial charge in [-0.2, -0.15) is 13.2 Å². The van der Waals surface area contributed by atoms with Gasteiger partial charge in [-0.1, -0.05) is 12.1 Å². The van der Waals surface area contributed by atoms with Crippen LogP contribution in [-0.4, -0.2) is 22.6 Å². The van der Waals surface area contributed by atoms with Crippen molar-refractivity contribution in [3.05, 3.63) is 83.9 Å². The molecule has 0 radical (unpaired) electrons. The lowest BCUT2D eigenvalue weighted by Gasteiger charge is -2.12. The van der Waals surface area contributed by atoms with E-state index in [0.29, 0.717) is 16.4 Å². The molecule has 34 heavy (non-hydrogen) atoms. The molecule has 1 amide bonds. The highest BCUT2D eigenvalue weighted by Gasteiger charge is 2.30. The van der Waals surface area contributed by atoms with E-state index in [1.807, 2.05) is 6.07 Å². The lowest BCUT2D eigenvalue weighted by Crippen LogP contribution is -2.19. The second-order valence-electron chi connectivity index (χ2n) is 7.16. The van der Waals surface area contributed by atoms with Gasteiger partial charge in [-0.25, -0.2) is 0 Å². The highest BCUT2D eigenvalue weighted by Crippen LogP contribution is 2.30. The summed E-state index contributed by atoms with van der Waals surface area (Å²) in [6, 6.07) is 18.6. The summed E-state index contributed by atoms with van der Waals surface area (Å²) in [6.07, 6.45) is -4.48. The number of thioether (sulfide) groups is 1. The molecular formula is C24H20F3N3O2S2. The molecule has 0 aliphatic carbocycles. The largest absolute Gasteiger partial charge is 0.416 e. The number of benzene rings is 3. The van der Waals surface area contributed by atoms with Crippen molar-refractivity contribution in [2.45, 2.75) is 18.0 Å². The predicted octanol–water partition coefficient (Wildman–Crippen LogP) is 6.45. The Labute approximate surface area is 204 Å². The molecular weight excluding hydrogens is 483 g/mol. The number of carbonyl (C=O) groups is 2. The Bertz CT molecular complexity index is 1200. The summed E-state index contributed by atoms with van der Waals surface area (Å²) in [4.78, 5) is 24.3. The maximum atomic E-state index is 12.8. The molecule has 0 unspecified atom stereocenters. The van der Waals surface area contributed by atoms with Crippen LogP contribution in [0.25, 0.3) is 0 Å². The average Bonchev–Trinajstić information content (AvgIpc) is 2.78. The van der Waals surface area contributed by atoms with Crippen molar-refractivity contribution in [1.82, 2.24) is 0 Å². The number of ketones is 1. The molecule has 0 saturated carbocycles. The molecule has 0 heterocycles. The van der Waals surface area contributed by atoms with Crippen LogP contribution < -0.4 is 16.0 Å². The molecule has 3 rings (SSSR count). The number of hydrogen-bond donors (Lipinski definition) is 3. The van der Waals surface area contributed by atoms with Crippen LogP contribution in [0.15, 0.2) is 77.7 Å². The van der Waals surface area contributed by atoms with Crippen molar-refractivity contribution in [3.63, 3.8) is 0 Å². The first-order chi connectivity index (χ1) is 16.1. The molecule has 0 aliphatic rings. The third-order valence-electron chi connectivity index (χ3n) is 4.48. The Kier molecular flexibility index (Phi) is 8.30. The Morgan fingerprint density at radius 1 is 0.853 bits per heavy atom. The Morgan fingerprint density at radius 3 is 2.12 bits per heavy atom. The SMILES string of the molecule is CC(=O)c1ccc(NC(=S)Nc2cccc(SCC(=O)Nc3cccc(C(F)(F)F)c3)c2)cc1. The first kappa shape index (κ1) is 25.3. The maximum Gasteiger partial charge on any atom is 0.416 e. The van der Waals surface area contributed by atoms with E-state index in [2.05, 4.69) is 16.0 Å². The van der Waals surface area contributed by atoms with E-state index in [9.17, 15) is 22.8 Å². The predicted molar refractivity (Wildman–Crippen MR) is 134 cm³/mol. The molecule has 5 nitrogen and oxygen atoms in total. The fourth-order valence-corrected chi connectivity index (χ4v) is 3.86. The van der Waals surface area contributed by atoms with Crippen LogP contribution in [0.3, 0.4) is 0 Å². The van der Waals surface area contributed by atoms with Gasteiger partial charge in [0.25, 0.3) is 0 Å². The highest BCUT2D eigenvalue weighted by atomic mass is 32.2. The minimum atomic E-state index is -4.48. The van der Waals surface area contributed by atoms with E-state index in [-0.39, 0.29) is 17.2 Å². The smallest absolute Gasteiger partial charge is 0.332 e. The highest BCUT2D eigenvalue weighted by molar-refractivity contribution is 8.00. The van der Waals surface area contributed by atoms with E-state index in [0.717, 1.165) is 22.7 Å². The molecule has 0 saturated heterocycles. The van der Waals surface area contributed by atoms with E-state index in [4.69, 9.17) is 12.2 Å². The van der Waals surface area contributed by atoms with Crippen LogP contribution >= 0.6 is 24.0 Å². The summed E-state index contributed by atoms with van der Waals surface area (Å²) in [6.45, 7) is 1.49. The number of carbonyl (C=O) groups excluding carboxylic acids is 2. The third kappa shape index (κ3) is 7.60. The van der Waals surface area contributed by atoms with E-state index in [1.165, 1.54) is 30.8 Å². The molecule has 0 atom stereocenters. The van der Waals surface area contributed by atoms with Crippen LogP contribution in [0, 0.1) is 0 Å². The fraction of sp³-hybridized carbons (Fsp3) is 0.125. The number of alkyl halides is 3. The summed E-state index contributed by atoms with van der Waals surface area (Å²) in [7, 11) is 0. The maximum absolute atomic E-state index is 12.8. The molecule has 0 bridgehead atoms. The minimum absolute atomic E-state index is 0.0187. The van der Waals surface area contributed by atoms with E-state index in [1.54, 1.807) is 42.5 Å². The monoisotopic (exact) mass is 503 g/mol. The number of hydrogen-bond acceptors (Lipinski definition) is 4. The summed E-state index contributed by atoms with van der Waals surface area (Å²) in [5.74, 6) is -0.427. The molecule has 3 aromatic rings. The topological polar surface area (TPSA) is 70.2 Å². The van der Waals surface area contributed by atoms with Gasteiger partial charge in [0.1, 0.15) is 0 Å². The second-order valence-corrected chi connectivity index (χ2v) is 8.61. The lowest BCUT2D eigenvalue weighted by molar-refractivity contribution is -0.137. The minimum Gasteiger partial charge on any atom is -0.332 e. The normalized spacial score (nSPS) is 10.9. The van der Waals surface area contributed by atoms with Crippen LogP contribution in [0.1, 0.15) is 22.8 Å².